The molecule has 0 fully saturated rings. The van der Waals surface area contributed by atoms with Crippen molar-refractivity contribution in [2.75, 3.05) is 7.05 Å². The van der Waals surface area contributed by atoms with Gasteiger partial charge in [0.05, 0.1) is 22.5 Å². The third-order valence-corrected chi connectivity index (χ3v) is 6.34. The van der Waals surface area contributed by atoms with Crippen LogP contribution in [-0.4, -0.2) is 30.6 Å². The minimum atomic E-state index is -0.489. The first-order valence-electron chi connectivity index (χ1n) is 11.8. The number of hydrogen-bond acceptors (Lipinski definition) is 4. The van der Waals surface area contributed by atoms with Gasteiger partial charge >= 0.3 is 0 Å². The number of aliphatic imine (C=N–C) groups is 1. The number of ether oxygens (including phenoxy) is 1. The number of carbonyl (C=O) groups is 2. The molecule has 5 nitrogen and oxygen atoms in total. The molecule has 1 N–H and O–H groups in total. The van der Waals surface area contributed by atoms with E-state index in [1.807, 2.05) is 56.3 Å². The number of nitrogens with zero attached hydrogens (tertiary/aromatic N) is 1. The second kappa shape index (κ2) is 10.9. The van der Waals surface area contributed by atoms with Crippen LogP contribution in [0.3, 0.4) is 0 Å². The molecule has 1 atom stereocenters. The second-order valence-corrected chi connectivity index (χ2v) is 9.42. The molecule has 6 heteroatoms. The Morgan fingerprint density at radius 2 is 1.80 bits per heavy atom. The molecule has 3 aromatic carbocycles. The van der Waals surface area contributed by atoms with Crippen molar-refractivity contribution in [3.63, 3.8) is 0 Å². The van der Waals surface area contributed by atoms with Crippen molar-refractivity contribution < 1.29 is 14.3 Å². The molecule has 0 radical (unpaired) electrons. The average Bonchev–Trinajstić information content (AvgIpc) is 3.29. The molecular formula is C29H29ClN2O3. The Labute approximate surface area is 211 Å². The molecule has 0 spiro atoms. The zero-order chi connectivity index (χ0) is 24.9. The molecule has 1 heterocycles. The van der Waals surface area contributed by atoms with Gasteiger partial charge in [-0.3, -0.25) is 14.6 Å². The summed E-state index contributed by atoms with van der Waals surface area (Å²) in [6, 6.07) is 21.3. The van der Waals surface area contributed by atoms with Crippen molar-refractivity contribution in [1.82, 2.24) is 5.32 Å². The SMILES string of the molecule is CNC(=O)[C@@H](CC(=O)c1ccc(OC(C)C)c(Cl)c1)Cc1ccc(C2=Nc3ccccc3C2)cc1. The first kappa shape index (κ1) is 24.7. The highest BCUT2D eigenvalue weighted by atomic mass is 35.5. The lowest BCUT2D eigenvalue weighted by Crippen LogP contribution is -2.30. The summed E-state index contributed by atoms with van der Waals surface area (Å²) < 4.78 is 5.64. The molecule has 3 aromatic rings. The van der Waals surface area contributed by atoms with Crippen LogP contribution in [0.25, 0.3) is 0 Å². The summed E-state index contributed by atoms with van der Waals surface area (Å²) in [5, 5.41) is 3.08. The fourth-order valence-corrected chi connectivity index (χ4v) is 4.47. The normalized spacial score (nSPS) is 13.2. The van der Waals surface area contributed by atoms with Crippen molar-refractivity contribution in [3.8, 4) is 5.75 Å². The molecule has 4 rings (SSSR count). The summed E-state index contributed by atoms with van der Waals surface area (Å²) >= 11 is 6.31. The monoisotopic (exact) mass is 488 g/mol. The molecule has 1 aliphatic heterocycles. The number of carbonyl (C=O) groups excluding carboxylic acids is 2. The molecule has 1 aliphatic rings. The summed E-state index contributed by atoms with van der Waals surface area (Å²) in [5.74, 6) is -0.247. The van der Waals surface area contributed by atoms with Gasteiger partial charge in [0.1, 0.15) is 5.75 Å². The maximum atomic E-state index is 13.0. The summed E-state index contributed by atoms with van der Waals surface area (Å²) in [6.45, 7) is 3.83. The number of amides is 1. The average molecular weight is 489 g/mol. The summed E-state index contributed by atoms with van der Waals surface area (Å²) in [5.41, 5.74) is 5.81. The number of benzene rings is 3. The van der Waals surface area contributed by atoms with Gasteiger partial charge in [-0.1, -0.05) is 54.1 Å². The van der Waals surface area contributed by atoms with E-state index in [2.05, 4.69) is 11.4 Å². The van der Waals surface area contributed by atoms with Crippen LogP contribution >= 0.6 is 11.6 Å². The van der Waals surface area contributed by atoms with Gasteiger partial charge in [-0.15, -0.1) is 0 Å². The van der Waals surface area contributed by atoms with Crippen molar-refractivity contribution in [2.24, 2.45) is 10.9 Å². The van der Waals surface area contributed by atoms with Gasteiger partial charge in [-0.25, -0.2) is 0 Å². The molecular weight excluding hydrogens is 460 g/mol. The predicted molar refractivity (Wildman–Crippen MR) is 140 cm³/mol. The first-order valence-corrected chi connectivity index (χ1v) is 12.2. The number of Topliss-reactive ketones (excluding diaryl/α,β-unsaturated/α-hetero) is 1. The molecule has 35 heavy (non-hydrogen) atoms. The van der Waals surface area contributed by atoms with E-state index >= 15 is 0 Å². The lowest BCUT2D eigenvalue weighted by atomic mass is 9.90. The van der Waals surface area contributed by atoms with Crippen LogP contribution in [0.5, 0.6) is 5.75 Å². The van der Waals surface area contributed by atoms with Gasteiger partial charge in [0.25, 0.3) is 0 Å². The quantitative estimate of drug-likeness (QED) is 0.376. The third-order valence-electron chi connectivity index (χ3n) is 6.04. The molecule has 0 aromatic heterocycles. The van der Waals surface area contributed by atoms with E-state index in [1.54, 1.807) is 25.2 Å². The van der Waals surface area contributed by atoms with Crippen molar-refractivity contribution >= 4 is 34.7 Å². The van der Waals surface area contributed by atoms with Crippen molar-refractivity contribution in [1.29, 1.82) is 0 Å². The standard InChI is InChI=1S/C29H29ClN2O3/c1-18(2)35-28-13-12-22(15-24(28)30)27(33)17-23(29(34)31-3)14-19-8-10-20(11-9-19)26-16-21-6-4-5-7-25(21)32-26/h4-13,15,18,23H,14,16-17H2,1-3H3,(H,31,34)/t23-/m1/s1. The maximum Gasteiger partial charge on any atom is 0.223 e. The zero-order valence-corrected chi connectivity index (χ0v) is 20.9. The maximum absolute atomic E-state index is 13.0. The Balaban J connectivity index is 1.44. The summed E-state index contributed by atoms with van der Waals surface area (Å²) in [7, 11) is 1.59. The topological polar surface area (TPSA) is 67.8 Å². The number of halogens is 1. The minimum Gasteiger partial charge on any atom is -0.489 e. The van der Waals surface area contributed by atoms with Gasteiger partial charge in [-0.05, 0) is 61.2 Å². The van der Waals surface area contributed by atoms with Crippen molar-refractivity contribution in [2.45, 2.75) is 39.2 Å². The van der Waals surface area contributed by atoms with Gasteiger partial charge in [0.15, 0.2) is 5.78 Å². The molecule has 1 amide bonds. The Bertz CT molecular complexity index is 1270. The van der Waals surface area contributed by atoms with Crippen LogP contribution in [-0.2, 0) is 17.6 Å². The van der Waals surface area contributed by atoms with Gasteiger partial charge in [0, 0.05) is 31.4 Å². The van der Waals surface area contributed by atoms with Crippen LogP contribution in [0.1, 0.15) is 47.3 Å². The first-order chi connectivity index (χ1) is 16.8. The van der Waals surface area contributed by atoms with Crippen molar-refractivity contribution in [3.05, 3.63) is 94.0 Å². The highest BCUT2D eigenvalue weighted by Gasteiger charge is 2.23. The molecule has 0 saturated heterocycles. The van der Waals surface area contributed by atoms with Crippen LogP contribution in [0, 0.1) is 5.92 Å². The van der Waals surface area contributed by atoms with E-state index in [1.165, 1.54) is 5.56 Å². The molecule has 180 valence electrons. The highest BCUT2D eigenvalue weighted by molar-refractivity contribution is 6.32. The predicted octanol–water partition coefficient (Wildman–Crippen LogP) is 5.98. The Kier molecular flexibility index (Phi) is 7.67. The van der Waals surface area contributed by atoms with E-state index in [0.29, 0.717) is 22.8 Å². The number of nitrogens with one attached hydrogen (secondary N) is 1. The van der Waals surface area contributed by atoms with E-state index in [4.69, 9.17) is 21.3 Å². The lowest BCUT2D eigenvalue weighted by molar-refractivity contribution is -0.124. The van der Waals surface area contributed by atoms with Crippen LogP contribution in [0.4, 0.5) is 5.69 Å². The summed E-state index contributed by atoms with van der Waals surface area (Å²) in [4.78, 5) is 30.3. The van der Waals surface area contributed by atoms with E-state index in [-0.39, 0.29) is 24.2 Å². The number of hydrogen-bond donors (Lipinski definition) is 1. The molecule has 0 aliphatic carbocycles. The Morgan fingerprint density at radius 1 is 1.06 bits per heavy atom. The van der Waals surface area contributed by atoms with Crippen LogP contribution in [0.2, 0.25) is 5.02 Å². The van der Waals surface area contributed by atoms with Crippen LogP contribution in [0.15, 0.2) is 71.7 Å². The second-order valence-electron chi connectivity index (χ2n) is 9.02. The van der Waals surface area contributed by atoms with E-state index in [9.17, 15) is 9.59 Å². The summed E-state index contributed by atoms with van der Waals surface area (Å²) in [6.07, 6.45) is 1.34. The molecule has 0 saturated carbocycles. The fraction of sp³-hybridized carbons (Fsp3) is 0.276. The van der Waals surface area contributed by atoms with E-state index in [0.717, 1.165) is 28.9 Å². The Morgan fingerprint density at radius 3 is 2.46 bits per heavy atom. The number of rotatable bonds is 9. The fourth-order valence-electron chi connectivity index (χ4n) is 4.25. The highest BCUT2D eigenvalue weighted by Crippen LogP contribution is 2.29. The number of para-hydroxylation sites is 1. The minimum absolute atomic E-state index is 0.0193. The third kappa shape index (κ3) is 5.98. The zero-order valence-electron chi connectivity index (χ0n) is 20.2. The smallest absolute Gasteiger partial charge is 0.223 e. The van der Waals surface area contributed by atoms with E-state index < -0.39 is 5.92 Å². The molecule has 0 bridgehead atoms. The Hall–Kier alpha value is -3.44. The van der Waals surface area contributed by atoms with Crippen LogP contribution < -0.4 is 10.1 Å². The largest absolute Gasteiger partial charge is 0.489 e. The van der Waals surface area contributed by atoms with Gasteiger partial charge < -0.3 is 10.1 Å². The number of fused-ring (bicyclic) bond motifs is 1. The molecule has 0 unspecified atom stereocenters. The number of ketones is 1. The lowest BCUT2D eigenvalue weighted by Gasteiger charge is -2.16. The van der Waals surface area contributed by atoms with Gasteiger partial charge in [0.2, 0.25) is 5.91 Å². The van der Waals surface area contributed by atoms with Gasteiger partial charge in [-0.2, -0.15) is 0 Å².